The molecule has 3 aromatic carbocycles. The number of benzene rings is 3. The molecule has 255 valence electrons. The Morgan fingerprint density at radius 1 is 0.306 bits per heavy atom. The van der Waals surface area contributed by atoms with Crippen LogP contribution >= 0.6 is 0 Å². The average Bonchev–Trinajstić information content (AvgIpc) is 3.09. The van der Waals surface area contributed by atoms with Gasteiger partial charge in [0.25, 0.3) is 0 Å². The van der Waals surface area contributed by atoms with Crippen molar-refractivity contribution in [2.24, 2.45) is 0 Å². The van der Waals surface area contributed by atoms with Crippen molar-refractivity contribution in [1.29, 1.82) is 0 Å². The van der Waals surface area contributed by atoms with E-state index in [-0.39, 0.29) is 36.4 Å². The molecule has 0 saturated heterocycles. The molecule has 6 aromatic rings. The van der Waals surface area contributed by atoms with Crippen LogP contribution in [-0.2, 0) is 36.4 Å². The zero-order chi connectivity index (χ0) is 34.8. The van der Waals surface area contributed by atoms with E-state index in [2.05, 4.69) is 150 Å². The molecule has 0 saturated carbocycles. The first-order valence-electron chi connectivity index (χ1n) is 16.8. The third-order valence-corrected chi connectivity index (χ3v) is 8.13. The summed E-state index contributed by atoms with van der Waals surface area (Å²) in [4.78, 5) is 13.0. The molecule has 0 N–H and O–H groups in total. The molecule has 4 heteroatoms. The molecule has 0 aliphatic heterocycles. The van der Waals surface area contributed by atoms with Gasteiger partial charge in [0.1, 0.15) is 0 Å². The van der Waals surface area contributed by atoms with Gasteiger partial charge in [0.05, 0.1) is 17.1 Å². The van der Waals surface area contributed by atoms with Gasteiger partial charge in [0.15, 0.2) is 0 Å². The minimum Gasteiger partial charge on any atom is -0.256 e. The van der Waals surface area contributed by atoms with Crippen molar-refractivity contribution >= 4 is 0 Å². The first kappa shape index (κ1) is 39.2. The molecular weight excluding hydrogens is 775 g/mol. The molecule has 49 heavy (non-hydrogen) atoms. The van der Waals surface area contributed by atoms with Gasteiger partial charge in [-0.25, -0.2) is 0 Å². The van der Waals surface area contributed by atoms with E-state index >= 15 is 0 Å². The number of hydrogen-bond donors (Lipinski definition) is 0. The Balaban J connectivity index is 0.000000197. The second kappa shape index (κ2) is 17.4. The largest absolute Gasteiger partial charge is 0.256 e. The fourth-order valence-corrected chi connectivity index (χ4v) is 5.02. The van der Waals surface area contributed by atoms with Crippen molar-refractivity contribution in [3.05, 3.63) is 163 Å². The molecule has 0 fully saturated rings. The Labute approximate surface area is 308 Å². The summed E-state index contributed by atoms with van der Waals surface area (Å²) >= 11 is 0. The predicted molar refractivity (Wildman–Crippen MR) is 205 cm³/mol. The standard InChI is InChI=1S/3C15H17N.Ir/c3*1-15(2,3)13-9-7-12(8-10-13)14-6-4-5-11-16-14;/h3*4-11H,1-3H3;. The van der Waals surface area contributed by atoms with Crippen LogP contribution in [0.5, 0.6) is 0 Å². The predicted octanol–water partition coefficient (Wildman–Crippen LogP) is 12.1. The van der Waals surface area contributed by atoms with Crippen molar-refractivity contribution in [3.8, 4) is 33.8 Å². The van der Waals surface area contributed by atoms with E-state index < -0.39 is 0 Å². The van der Waals surface area contributed by atoms with Crippen molar-refractivity contribution in [2.45, 2.75) is 78.6 Å². The summed E-state index contributed by atoms with van der Waals surface area (Å²) in [7, 11) is 0. The molecule has 0 amide bonds. The maximum atomic E-state index is 4.34. The normalized spacial score (nSPS) is 11.2. The molecule has 0 aliphatic carbocycles. The molecule has 1 radical (unpaired) electrons. The minimum absolute atomic E-state index is 0. The summed E-state index contributed by atoms with van der Waals surface area (Å²) < 4.78 is 0. The first-order valence-corrected chi connectivity index (χ1v) is 16.8. The van der Waals surface area contributed by atoms with Crippen LogP contribution in [0.25, 0.3) is 33.8 Å². The maximum Gasteiger partial charge on any atom is 0.0701 e. The Morgan fingerprint density at radius 2 is 0.531 bits per heavy atom. The number of nitrogens with zero attached hydrogens (tertiary/aromatic N) is 3. The van der Waals surface area contributed by atoms with E-state index in [9.17, 15) is 0 Å². The second-order valence-corrected chi connectivity index (χ2v) is 15.1. The van der Waals surface area contributed by atoms with Gasteiger partial charge in [-0.15, -0.1) is 0 Å². The SMILES string of the molecule is CC(C)(C)c1ccc(-c2ccccn2)cc1.CC(C)(C)c1ccc(-c2ccccn2)cc1.CC(C)(C)c1ccc(-c2ccccn2)cc1.[Ir]. The molecule has 0 unspecified atom stereocenters. The topological polar surface area (TPSA) is 38.7 Å². The monoisotopic (exact) mass is 826 g/mol. The van der Waals surface area contributed by atoms with Crippen LogP contribution in [0.2, 0.25) is 0 Å². The van der Waals surface area contributed by atoms with Crippen LogP contribution in [0.1, 0.15) is 79.0 Å². The number of rotatable bonds is 3. The first-order chi connectivity index (χ1) is 22.7. The Hall–Kier alpha value is -4.24. The van der Waals surface area contributed by atoms with Crippen LogP contribution in [0.3, 0.4) is 0 Å². The van der Waals surface area contributed by atoms with Gasteiger partial charge >= 0.3 is 0 Å². The summed E-state index contributed by atoms with van der Waals surface area (Å²) in [6, 6.07) is 43.9. The molecule has 3 aromatic heterocycles. The average molecular weight is 826 g/mol. The molecule has 3 heterocycles. The summed E-state index contributed by atoms with van der Waals surface area (Å²) in [6.07, 6.45) is 5.48. The van der Waals surface area contributed by atoms with Crippen LogP contribution in [0.4, 0.5) is 0 Å². The van der Waals surface area contributed by atoms with Crippen LogP contribution < -0.4 is 0 Å². The van der Waals surface area contributed by atoms with E-state index in [1.807, 2.05) is 73.2 Å². The van der Waals surface area contributed by atoms with Crippen molar-refractivity contribution in [2.75, 3.05) is 0 Å². The summed E-state index contributed by atoms with van der Waals surface area (Å²) in [5.74, 6) is 0. The van der Waals surface area contributed by atoms with Gasteiger partial charge in [-0.1, -0.05) is 153 Å². The van der Waals surface area contributed by atoms with Gasteiger partial charge in [-0.05, 0) is 69.3 Å². The van der Waals surface area contributed by atoms with E-state index in [4.69, 9.17) is 0 Å². The van der Waals surface area contributed by atoms with Gasteiger partial charge in [0.2, 0.25) is 0 Å². The Bertz CT molecular complexity index is 1580. The smallest absolute Gasteiger partial charge is 0.0701 e. The van der Waals surface area contributed by atoms with E-state index in [0.29, 0.717) is 0 Å². The minimum atomic E-state index is 0. The quantitative estimate of drug-likeness (QED) is 0.178. The second-order valence-electron chi connectivity index (χ2n) is 15.1. The molecule has 0 atom stereocenters. The van der Waals surface area contributed by atoms with E-state index in [1.165, 1.54) is 33.4 Å². The maximum absolute atomic E-state index is 4.34. The molecule has 3 nitrogen and oxygen atoms in total. The van der Waals surface area contributed by atoms with Crippen molar-refractivity contribution in [3.63, 3.8) is 0 Å². The fourth-order valence-electron chi connectivity index (χ4n) is 5.02. The molecule has 0 aliphatic rings. The van der Waals surface area contributed by atoms with Crippen LogP contribution in [0, 0.1) is 0 Å². The molecule has 0 spiro atoms. The van der Waals surface area contributed by atoms with Crippen molar-refractivity contribution in [1.82, 2.24) is 15.0 Å². The van der Waals surface area contributed by atoms with E-state index in [1.54, 1.807) is 0 Å². The third-order valence-electron chi connectivity index (χ3n) is 8.13. The Kier molecular flexibility index (Phi) is 13.9. The van der Waals surface area contributed by atoms with Gasteiger partial charge in [0, 0.05) is 55.4 Å². The number of hydrogen-bond acceptors (Lipinski definition) is 3. The molecule has 6 rings (SSSR count). The Morgan fingerprint density at radius 3 is 0.694 bits per heavy atom. The number of aromatic nitrogens is 3. The fraction of sp³-hybridized carbons (Fsp3) is 0.267. The van der Waals surface area contributed by atoms with Gasteiger partial charge in [-0.2, -0.15) is 0 Å². The number of pyridine rings is 3. The zero-order valence-corrected chi connectivity index (χ0v) is 32.9. The van der Waals surface area contributed by atoms with Gasteiger partial charge < -0.3 is 0 Å². The van der Waals surface area contributed by atoms with Gasteiger partial charge in [-0.3, -0.25) is 15.0 Å². The summed E-state index contributed by atoms with van der Waals surface area (Å²) in [6.45, 7) is 20.0. The molecular formula is C45H51IrN3. The van der Waals surface area contributed by atoms with Crippen LogP contribution in [-0.4, -0.2) is 15.0 Å². The third kappa shape index (κ3) is 12.0. The van der Waals surface area contributed by atoms with Crippen LogP contribution in [0.15, 0.2) is 146 Å². The van der Waals surface area contributed by atoms with E-state index in [0.717, 1.165) is 17.1 Å². The summed E-state index contributed by atoms with van der Waals surface area (Å²) in [5, 5.41) is 0. The van der Waals surface area contributed by atoms with Crippen molar-refractivity contribution < 1.29 is 20.1 Å². The zero-order valence-electron chi connectivity index (χ0n) is 30.5. The molecule has 0 bridgehead atoms. The summed E-state index contributed by atoms with van der Waals surface area (Å²) in [5.41, 5.74) is 11.3.